The number of benzene rings is 2. The van der Waals surface area contributed by atoms with Crippen molar-refractivity contribution in [1.82, 2.24) is 15.1 Å². The Bertz CT molecular complexity index is 968. The summed E-state index contributed by atoms with van der Waals surface area (Å²) in [5.41, 5.74) is 0.835. The topological polar surface area (TPSA) is 66.1 Å². The molecule has 1 unspecified atom stereocenters. The first kappa shape index (κ1) is 16.2. The van der Waals surface area contributed by atoms with Crippen molar-refractivity contribution in [2.75, 3.05) is 7.05 Å². The number of nitrogens with zero attached hydrogens (tertiary/aromatic N) is 2. The first-order valence-electron chi connectivity index (χ1n) is 7.49. The van der Waals surface area contributed by atoms with Gasteiger partial charge < -0.3 is 4.90 Å². The molecule has 0 aliphatic carbocycles. The molecular weight excluding hydrogens is 326 g/mol. The molecular formula is C18H16ClN3O2. The number of carbonyl (C=O) groups is 1. The molecule has 0 aliphatic heterocycles. The van der Waals surface area contributed by atoms with Crippen molar-refractivity contribution in [3.05, 3.63) is 75.2 Å². The highest BCUT2D eigenvalue weighted by Crippen LogP contribution is 2.24. The molecule has 2 aromatic carbocycles. The van der Waals surface area contributed by atoms with Gasteiger partial charge in [0.1, 0.15) is 0 Å². The molecule has 0 saturated carbocycles. The number of aromatic amines is 1. The number of amides is 1. The summed E-state index contributed by atoms with van der Waals surface area (Å²) >= 11 is 6.03. The van der Waals surface area contributed by atoms with Crippen molar-refractivity contribution in [1.29, 1.82) is 0 Å². The molecule has 6 heteroatoms. The lowest BCUT2D eigenvalue weighted by Gasteiger charge is -2.25. The Morgan fingerprint density at radius 2 is 1.88 bits per heavy atom. The molecule has 0 spiro atoms. The third-order valence-electron chi connectivity index (χ3n) is 4.13. The van der Waals surface area contributed by atoms with Gasteiger partial charge >= 0.3 is 0 Å². The Balaban J connectivity index is 2.00. The summed E-state index contributed by atoms with van der Waals surface area (Å²) in [6.07, 6.45) is 0. The van der Waals surface area contributed by atoms with Crippen LogP contribution in [0, 0.1) is 0 Å². The van der Waals surface area contributed by atoms with Crippen LogP contribution in [0.15, 0.2) is 53.3 Å². The number of nitrogens with one attached hydrogen (secondary N) is 1. The van der Waals surface area contributed by atoms with Crippen LogP contribution in [-0.4, -0.2) is 28.1 Å². The molecule has 122 valence electrons. The van der Waals surface area contributed by atoms with Gasteiger partial charge in [0.25, 0.3) is 11.5 Å². The Morgan fingerprint density at radius 1 is 1.17 bits per heavy atom. The molecule has 0 fully saturated rings. The van der Waals surface area contributed by atoms with E-state index in [0.717, 1.165) is 5.56 Å². The predicted octanol–water partition coefficient (Wildman–Crippen LogP) is 3.41. The Hall–Kier alpha value is -2.66. The second-order valence-electron chi connectivity index (χ2n) is 5.59. The van der Waals surface area contributed by atoms with E-state index in [2.05, 4.69) is 10.2 Å². The molecule has 1 atom stereocenters. The van der Waals surface area contributed by atoms with E-state index in [4.69, 9.17) is 11.6 Å². The van der Waals surface area contributed by atoms with Crippen molar-refractivity contribution in [3.8, 4) is 0 Å². The third-order valence-corrected chi connectivity index (χ3v) is 4.37. The molecule has 24 heavy (non-hydrogen) atoms. The van der Waals surface area contributed by atoms with Gasteiger partial charge in [-0.1, -0.05) is 41.9 Å². The van der Waals surface area contributed by atoms with Gasteiger partial charge in [-0.15, -0.1) is 0 Å². The fourth-order valence-electron chi connectivity index (χ4n) is 2.61. The average molecular weight is 342 g/mol. The second-order valence-corrected chi connectivity index (χ2v) is 6.03. The van der Waals surface area contributed by atoms with E-state index >= 15 is 0 Å². The van der Waals surface area contributed by atoms with Gasteiger partial charge in [-0.2, -0.15) is 5.10 Å². The van der Waals surface area contributed by atoms with Crippen LogP contribution in [0.5, 0.6) is 0 Å². The van der Waals surface area contributed by atoms with E-state index < -0.39 is 0 Å². The fraction of sp³-hybridized carbons (Fsp3) is 0.167. The number of rotatable bonds is 3. The second kappa shape index (κ2) is 6.45. The maximum atomic E-state index is 12.9. The number of hydrogen-bond acceptors (Lipinski definition) is 3. The van der Waals surface area contributed by atoms with E-state index in [9.17, 15) is 9.59 Å². The Morgan fingerprint density at radius 3 is 2.58 bits per heavy atom. The summed E-state index contributed by atoms with van der Waals surface area (Å²) in [6.45, 7) is 1.91. The number of halogens is 1. The minimum Gasteiger partial charge on any atom is -0.334 e. The number of H-pyrrole nitrogens is 1. The number of carbonyl (C=O) groups excluding carboxylic acids is 1. The van der Waals surface area contributed by atoms with Crippen molar-refractivity contribution < 1.29 is 4.79 Å². The van der Waals surface area contributed by atoms with E-state index in [-0.39, 0.29) is 23.2 Å². The molecule has 0 saturated heterocycles. The first-order valence-corrected chi connectivity index (χ1v) is 7.87. The molecule has 3 rings (SSSR count). The van der Waals surface area contributed by atoms with Crippen molar-refractivity contribution >= 4 is 28.3 Å². The van der Waals surface area contributed by atoms with Gasteiger partial charge in [0, 0.05) is 17.5 Å². The Labute approximate surface area is 143 Å². The highest BCUT2D eigenvalue weighted by Gasteiger charge is 2.22. The minimum atomic E-state index is -0.312. The van der Waals surface area contributed by atoms with Crippen LogP contribution in [0.4, 0.5) is 0 Å². The van der Waals surface area contributed by atoms with Gasteiger partial charge in [-0.05, 0) is 30.7 Å². The standard InChI is InChI=1S/C18H16ClN3O2/c1-11(12-6-5-7-13(19)10-12)22(2)18(24)16-14-8-3-4-9-15(14)17(23)21-20-16/h3-11H,1-2H3,(H,21,23). The van der Waals surface area contributed by atoms with Gasteiger partial charge in [-0.3, -0.25) is 9.59 Å². The van der Waals surface area contributed by atoms with E-state index in [1.165, 1.54) is 0 Å². The maximum absolute atomic E-state index is 12.9. The highest BCUT2D eigenvalue weighted by molar-refractivity contribution is 6.30. The number of aromatic nitrogens is 2. The summed E-state index contributed by atoms with van der Waals surface area (Å²) in [5, 5.41) is 7.96. The van der Waals surface area contributed by atoms with Crippen molar-refractivity contribution in [2.45, 2.75) is 13.0 Å². The van der Waals surface area contributed by atoms with Crippen LogP contribution in [-0.2, 0) is 0 Å². The smallest absolute Gasteiger partial charge is 0.275 e. The maximum Gasteiger partial charge on any atom is 0.275 e. The zero-order valence-electron chi connectivity index (χ0n) is 13.3. The van der Waals surface area contributed by atoms with Crippen LogP contribution in [0.2, 0.25) is 5.02 Å². The molecule has 3 aromatic rings. The predicted molar refractivity (Wildman–Crippen MR) is 94.3 cm³/mol. The van der Waals surface area contributed by atoms with Gasteiger partial charge in [0.2, 0.25) is 0 Å². The van der Waals surface area contributed by atoms with Crippen LogP contribution < -0.4 is 5.56 Å². The van der Waals surface area contributed by atoms with Gasteiger partial charge in [0.15, 0.2) is 5.69 Å². The summed E-state index contributed by atoms with van der Waals surface area (Å²) < 4.78 is 0. The molecule has 1 heterocycles. The van der Waals surface area contributed by atoms with Crippen LogP contribution in [0.25, 0.3) is 10.8 Å². The van der Waals surface area contributed by atoms with E-state index in [1.807, 2.05) is 25.1 Å². The molecule has 1 N–H and O–H groups in total. The molecule has 1 aromatic heterocycles. The number of hydrogen-bond donors (Lipinski definition) is 1. The minimum absolute atomic E-state index is 0.191. The van der Waals surface area contributed by atoms with E-state index in [0.29, 0.717) is 15.8 Å². The highest BCUT2D eigenvalue weighted by atomic mass is 35.5. The number of fused-ring (bicyclic) bond motifs is 1. The first-order chi connectivity index (χ1) is 11.5. The van der Waals surface area contributed by atoms with Crippen LogP contribution >= 0.6 is 11.6 Å². The summed E-state index contributed by atoms with van der Waals surface area (Å²) in [5.74, 6) is -0.269. The monoisotopic (exact) mass is 341 g/mol. The van der Waals surface area contributed by atoms with E-state index in [1.54, 1.807) is 42.3 Å². The van der Waals surface area contributed by atoms with Crippen LogP contribution in [0.1, 0.15) is 29.0 Å². The van der Waals surface area contributed by atoms with Gasteiger partial charge in [-0.25, -0.2) is 5.10 Å². The summed E-state index contributed by atoms with van der Waals surface area (Å²) in [6, 6.07) is 14.1. The quantitative estimate of drug-likeness (QED) is 0.794. The molecule has 0 radical (unpaired) electrons. The largest absolute Gasteiger partial charge is 0.334 e. The SMILES string of the molecule is CC(c1cccc(Cl)c1)N(C)C(=O)c1n[nH]c(=O)c2ccccc12. The van der Waals surface area contributed by atoms with Crippen molar-refractivity contribution in [2.24, 2.45) is 0 Å². The molecule has 5 nitrogen and oxygen atoms in total. The average Bonchev–Trinajstić information content (AvgIpc) is 2.60. The lowest BCUT2D eigenvalue weighted by Crippen LogP contribution is -2.31. The lowest BCUT2D eigenvalue weighted by atomic mass is 10.1. The third kappa shape index (κ3) is 2.90. The zero-order chi connectivity index (χ0) is 17.3. The summed E-state index contributed by atoms with van der Waals surface area (Å²) in [7, 11) is 1.70. The molecule has 1 amide bonds. The lowest BCUT2D eigenvalue weighted by molar-refractivity contribution is 0.0737. The zero-order valence-corrected chi connectivity index (χ0v) is 14.0. The van der Waals surface area contributed by atoms with Crippen molar-refractivity contribution in [3.63, 3.8) is 0 Å². The summed E-state index contributed by atoms with van der Waals surface area (Å²) in [4.78, 5) is 26.3. The normalized spacial score (nSPS) is 12.1. The fourth-order valence-corrected chi connectivity index (χ4v) is 2.81. The Kier molecular flexibility index (Phi) is 4.36. The van der Waals surface area contributed by atoms with Crippen LogP contribution in [0.3, 0.4) is 0 Å². The molecule has 0 bridgehead atoms. The molecule has 0 aliphatic rings. The van der Waals surface area contributed by atoms with Gasteiger partial charge in [0.05, 0.1) is 11.4 Å².